The van der Waals surface area contributed by atoms with Gasteiger partial charge in [0.25, 0.3) is 0 Å². The monoisotopic (exact) mass is 314 g/mol. The minimum absolute atomic E-state index is 0.0309. The molecule has 2 unspecified atom stereocenters. The van der Waals surface area contributed by atoms with Gasteiger partial charge in [0.15, 0.2) is 0 Å². The van der Waals surface area contributed by atoms with E-state index in [1.165, 1.54) is 0 Å². The molecule has 0 saturated carbocycles. The summed E-state index contributed by atoms with van der Waals surface area (Å²) in [5.41, 5.74) is 5.60. The predicted molar refractivity (Wildman–Crippen MR) is 84.2 cm³/mol. The van der Waals surface area contributed by atoms with Gasteiger partial charge in [0, 0.05) is 25.6 Å². The number of rotatable bonds is 6. The zero-order chi connectivity index (χ0) is 16.8. The highest BCUT2D eigenvalue weighted by atomic mass is 16.6. The first-order valence-corrected chi connectivity index (χ1v) is 8.05. The smallest absolute Gasteiger partial charge is 0.320 e. The fourth-order valence-electron chi connectivity index (χ4n) is 2.80. The van der Waals surface area contributed by atoms with Gasteiger partial charge >= 0.3 is 11.9 Å². The van der Waals surface area contributed by atoms with Gasteiger partial charge in [-0.1, -0.05) is 0 Å². The number of ether oxygens (including phenoxy) is 2. The third-order valence-electron chi connectivity index (χ3n) is 3.48. The summed E-state index contributed by atoms with van der Waals surface area (Å²) in [6, 6.07) is 0.0309. The summed E-state index contributed by atoms with van der Waals surface area (Å²) in [5.74, 6) is -0.0818. The quantitative estimate of drug-likeness (QED) is 0.745. The van der Waals surface area contributed by atoms with Crippen LogP contribution in [0.1, 0.15) is 47.0 Å². The first kappa shape index (κ1) is 18.9. The first-order chi connectivity index (χ1) is 10.2. The first-order valence-electron chi connectivity index (χ1n) is 8.05. The van der Waals surface area contributed by atoms with Crippen molar-refractivity contribution in [3.8, 4) is 0 Å². The summed E-state index contributed by atoms with van der Waals surface area (Å²) < 4.78 is 10.3. The minimum atomic E-state index is -0.474. The Bertz CT molecular complexity index is 379. The molecule has 1 fully saturated rings. The summed E-state index contributed by atoms with van der Waals surface area (Å²) in [5, 5.41) is 0. The maximum absolute atomic E-state index is 11.9. The number of likely N-dealkylation sites (tertiary alicyclic amines) is 1. The van der Waals surface area contributed by atoms with E-state index in [4.69, 9.17) is 15.2 Å². The molecule has 6 heteroatoms. The second-order valence-corrected chi connectivity index (χ2v) is 6.99. The SMILES string of the molecule is CCOC(=O)CCC1CC(N)CN(CC(=O)OC(C)(C)C)C1. The van der Waals surface area contributed by atoms with Crippen molar-refractivity contribution in [2.45, 2.75) is 58.6 Å². The zero-order valence-electron chi connectivity index (χ0n) is 14.3. The van der Waals surface area contributed by atoms with E-state index in [9.17, 15) is 9.59 Å². The maximum atomic E-state index is 11.9. The van der Waals surface area contributed by atoms with Crippen LogP contribution in [0.3, 0.4) is 0 Å². The van der Waals surface area contributed by atoms with Crippen molar-refractivity contribution >= 4 is 11.9 Å². The van der Waals surface area contributed by atoms with Crippen LogP contribution in [0.25, 0.3) is 0 Å². The van der Waals surface area contributed by atoms with E-state index in [0.29, 0.717) is 25.5 Å². The normalized spacial score (nSPS) is 23.1. The third-order valence-corrected chi connectivity index (χ3v) is 3.48. The summed E-state index contributed by atoms with van der Waals surface area (Å²) >= 11 is 0. The molecular weight excluding hydrogens is 284 g/mol. The lowest BCUT2D eigenvalue weighted by Crippen LogP contribution is -2.49. The van der Waals surface area contributed by atoms with E-state index in [0.717, 1.165) is 19.4 Å². The fraction of sp³-hybridized carbons (Fsp3) is 0.875. The highest BCUT2D eigenvalue weighted by Crippen LogP contribution is 2.21. The predicted octanol–water partition coefficient (Wildman–Crippen LogP) is 1.32. The van der Waals surface area contributed by atoms with Gasteiger partial charge in [0.05, 0.1) is 13.2 Å². The van der Waals surface area contributed by atoms with E-state index in [2.05, 4.69) is 0 Å². The van der Waals surface area contributed by atoms with E-state index in [-0.39, 0.29) is 24.5 Å². The Labute approximate surface area is 133 Å². The van der Waals surface area contributed by atoms with Crippen molar-refractivity contribution in [1.82, 2.24) is 4.90 Å². The van der Waals surface area contributed by atoms with Crippen molar-refractivity contribution in [2.24, 2.45) is 11.7 Å². The maximum Gasteiger partial charge on any atom is 0.320 e. The lowest BCUT2D eigenvalue weighted by atomic mass is 9.91. The van der Waals surface area contributed by atoms with Crippen LogP contribution in [0.15, 0.2) is 0 Å². The molecule has 1 heterocycles. The molecule has 0 bridgehead atoms. The Morgan fingerprint density at radius 1 is 1.23 bits per heavy atom. The number of hydrogen-bond donors (Lipinski definition) is 1. The van der Waals surface area contributed by atoms with Gasteiger partial charge in [-0.3, -0.25) is 14.5 Å². The molecule has 1 aliphatic heterocycles. The Kier molecular flexibility index (Phi) is 7.29. The van der Waals surface area contributed by atoms with Crippen molar-refractivity contribution in [3.63, 3.8) is 0 Å². The van der Waals surface area contributed by atoms with Crippen LogP contribution in [0, 0.1) is 5.92 Å². The summed E-state index contributed by atoms with van der Waals surface area (Å²) in [6.45, 7) is 9.49. The largest absolute Gasteiger partial charge is 0.466 e. The molecule has 0 spiro atoms. The molecular formula is C16H30N2O4. The zero-order valence-corrected chi connectivity index (χ0v) is 14.3. The molecule has 0 amide bonds. The highest BCUT2D eigenvalue weighted by molar-refractivity contribution is 5.72. The van der Waals surface area contributed by atoms with Gasteiger partial charge < -0.3 is 15.2 Å². The van der Waals surface area contributed by atoms with Crippen LogP contribution in [-0.4, -0.2) is 54.7 Å². The fourth-order valence-corrected chi connectivity index (χ4v) is 2.80. The van der Waals surface area contributed by atoms with Crippen molar-refractivity contribution < 1.29 is 19.1 Å². The topological polar surface area (TPSA) is 81.9 Å². The molecule has 0 aliphatic carbocycles. The van der Waals surface area contributed by atoms with Gasteiger partial charge in [-0.15, -0.1) is 0 Å². The van der Waals surface area contributed by atoms with E-state index in [1.807, 2.05) is 25.7 Å². The second-order valence-electron chi connectivity index (χ2n) is 6.99. The Morgan fingerprint density at radius 3 is 2.50 bits per heavy atom. The minimum Gasteiger partial charge on any atom is -0.466 e. The van der Waals surface area contributed by atoms with Crippen molar-refractivity contribution in [3.05, 3.63) is 0 Å². The average Bonchev–Trinajstić information content (AvgIpc) is 2.33. The molecule has 2 atom stereocenters. The van der Waals surface area contributed by atoms with E-state index < -0.39 is 5.60 Å². The van der Waals surface area contributed by atoms with Crippen LogP contribution in [0.5, 0.6) is 0 Å². The van der Waals surface area contributed by atoms with Gasteiger partial charge in [-0.2, -0.15) is 0 Å². The Balaban J connectivity index is 2.42. The van der Waals surface area contributed by atoms with Crippen LogP contribution in [0.4, 0.5) is 0 Å². The number of nitrogens with two attached hydrogens (primary N) is 1. The average molecular weight is 314 g/mol. The number of carbonyl (C=O) groups excluding carboxylic acids is 2. The standard InChI is InChI=1S/C16H30N2O4/c1-5-21-14(19)7-6-12-8-13(17)10-18(9-12)11-15(20)22-16(2,3)4/h12-13H,5-11,17H2,1-4H3. The van der Waals surface area contributed by atoms with Crippen molar-refractivity contribution in [2.75, 3.05) is 26.2 Å². The van der Waals surface area contributed by atoms with E-state index >= 15 is 0 Å². The van der Waals surface area contributed by atoms with Crippen LogP contribution < -0.4 is 5.73 Å². The summed E-state index contributed by atoms with van der Waals surface area (Å²) in [4.78, 5) is 25.4. The third kappa shape index (κ3) is 7.75. The molecule has 2 N–H and O–H groups in total. The van der Waals surface area contributed by atoms with E-state index in [1.54, 1.807) is 6.92 Å². The number of carbonyl (C=O) groups is 2. The van der Waals surface area contributed by atoms with Crippen LogP contribution >= 0.6 is 0 Å². The highest BCUT2D eigenvalue weighted by Gasteiger charge is 2.28. The van der Waals surface area contributed by atoms with Crippen molar-refractivity contribution in [1.29, 1.82) is 0 Å². The molecule has 0 aromatic heterocycles. The molecule has 0 aromatic rings. The lowest BCUT2D eigenvalue weighted by molar-refractivity contribution is -0.156. The van der Waals surface area contributed by atoms with Gasteiger partial charge in [0.2, 0.25) is 0 Å². The second kappa shape index (κ2) is 8.48. The molecule has 0 radical (unpaired) electrons. The number of hydrogen-bond acceptors (Lipinski definition) is 6. The molecule has 1 aliphatic rings. The molecule has 1 rings (SSSR count). The summed E-state index contributed by atoms with van der Waals surface area (Å²) in [7, 11) is 0. The van der Waals surface area contributed by atoms with Gasteiger partial charge in [0.1, 0.15) is 5.60 Å². The molecule has 22 heavy (non-hydrogen) atoms. The number of nitrogens with zero attached hydrogens (tertiary/aromatic N) is 1. The Morgan fingerprint density at radius 2 is 1.91 bits per heavy atom. The number of esters is 2. The van der Waals surface area contributed by atoms with Gasteiger partial charge in [-0.05, 0) is 46.5 Å². The lowest BCUT2D eigenvalue weighted by Gasteiger charge is -2.36. The number of piperidine rings is 1. The Hall–Kier alpha value is -1.14. The van der Waals surface area contributed by atoms with Crippen LogP contribution in [0.2, 0.25) is 0 Å². The molecule has 128 valence electrons. The molecule has 6 nitrogen and oxygen atoms in total. The van der Waals surface area contributed by atoms with Gasteiger partial charge in [-0.25, -0.2) is 0 Å². The van der Waals surface area contributed by atoms with Crippen LogP contribution in [-0.2, 0) is 19.1 Å². The molecule has 1 saturated heterocycles. The molecule has 0 aromatic carbocycles. The summed E-state index contributed by atoms with van der Waals surface area (Å²) in [6.07, 6.45) is 2.03.